The fraction of sp³-hybridized carbons (Fsp3) is 0.192. The average molecular weight is 441 g/mol. The Morgan fingerprint density at radius 2 is 1.70 bits per heavy atom. The zero-order chi connectivity index (χ0) is 22.9. The van der Waals surface area contributed by atoms with Crippen LogP contribution in [0.2, 0.25) is 0 Å². The van der Waals surface area contributed by atoms with Crippen LogP contribution in [0.1, 0.15) is 35.9 Å². The molecule has 33 heavy (non-hydrogen) atoms. The second-order valence-electron chi connectivity index (χ2n) is 8.30. The molecule has 1 aliphatic carbocycles. The number of Topliss-reactive ketones (excluding diaryl/α,β-unsaturated/α-hetero) is 1. The summed E-state index contributed by atoms with van der Waals surface area (Å²) in [5, 5.41) is 18.3. The molecule has 0 saturated heterocycles. The molecule has 3 aromatic rings. The lowest BCUT2D eigenvalue weighted by Crippen LogP contribution is -2.26. The minimum Gasteiger partial charge on any atom is -0.497 e. The number of nitrogens with zero attached hydrogens (tertiary/aromatic N) is 1. The van der Waals surface area contributed by atoms with E-state index in [4.69, 9.17) is 4.74 Å². The lowest BCUT2D eigenvalue weighted by Gasteiger charge is -2.30. The van der Waals surface area contributed by atoms with Crippen LogP contribution in [0, 0.1) is 10.1 Å². The van der Waals surface area contributed by atoms with Crippen LogP contribution in [0.5, 0.6) is 5.75 Å². The normalized spacial score (nSPS) is 19.5. The number of carbonyl (C=O) groups excluding carboxylic acids is 1. The lowest BCUT2D eigenvalue weighted by molar-refractivity contribution is -0.384. The molecule has 0 bridgehead atoms. The van der Waals surface area contributed by atoms with Crippen LogP contribution in [-0.2, 0) is 4.79 Å². The van der Waals surface area contributed by atoms with Gasteiger partial charge in [0.1, 0.15) is 5.75 Å². The standard InChI is InChI=1S/C26H23N3O4/c1-33-20-9-5-6-16(13-20)18-14-23-25(24(30)15-18)26(17-7-4-8-19(12-17)29(31)32)28-22-11-3-2-10-21(22)27-23/h2-13,18,26-28H,14-15H2,1H3/t18-,26-/m0/s1. The maximum absolute atomic E-state index is 13.6. The van der Waals surface area contributed by atoms with Gasteiger partial charge in [-0.3, -0.25) is 14.9 Å². The highest BCUT2D eigenvalue weighted by molar-refractivity contribution is 6.01. The van der Waals surface area contributed by atoms with Gasteiger partial charge in [-0.05, 0) is 47.7 Å². The smallest absolute Gasteiger partial charge is 0.269 e. The number of ether oxygens (including phenoxy) is 1. The van der Waals surface area contributed by atoms with Crippen LogP contribution in [0.3, 0.4) is 0 Å². The third-order valence-electron chi connectivity index (χ3n) is 6.29. The van der Waals surface area contributed by atoms with E-state index in [9.17, 15) is 14.9 Å². The molecule has 0 unspecified atom stereocenters. The molecule has 0 aromatic heterocycles. The van der Waals surface area contributed by atoms with Gasteiger partial charge in [0.25, 0.3) is 5.69 Å². The van der Waals surface area contributed by atoms with E-state index in [-0.39, 0.29) is 17.4 Å². The van der Waals surface area contributed by atoms with Gasteiger partial charge >= 0.3 is 0 Å². The van der Waals surface area contributed by atoms with Gasteiger partial charge in [-0.2, -0.15) is 0 Å². The first-order valence-electron chi connectivity index (χ1n) is 10.8. The molecule has 166 valence electrons. The van der Waals surface area contributed by atoms with Crippen molar-refractivity contribution in [1.82, 2.24) is 0 Å². The Labute approximate surface area is 191 Å². The highest BCUT2D eigenvalue weighted by Crippen LogP contribution is 2.44. The van der Waals surface area contributed by atoms with Gasteiger partial charge in [-0.1, -0.05) is 36.4 Å². The number of para-hydroxylation sites is 2. The predicted octanol–water partition coefficient (Wildman–Crippen LogP) is 5.58. The first kappa shape index (κ1) is 20.8. The zero-order valence-corrected chi connectivity index (χ0v) is 18.1. The lowest BCUT2D eigenvalue weighted by atomic mass is 9.78. The second kappa shape index (κ2) is 8.43. The number of rotatable bonds is 4. The van der Waals surface area contributed by atoms with Crippen LogP contribution >= 0.6 is 0 Å². The highest BCUT2D eigenvalue weighted by Gasteiger charge is 2.36. The molecule has 0 radical (unpaired) electrons. The molecule has 0 saturated carbocycles. The van der Waals surface area contributed by atoms with Gasteiger partial charge < -0.3 is 15.4 Å². The van der Waals surface area contributed by atoms with Crippen molar-refractivity contribution in [2.24, 2.45) is 0 Å². The molecule has 1 aliphatic heterocycles. The number of ketones is 1. The molecule has 0 fully saturated rings. The quantitative estimate of drug-likeness (QED) is 0.405. The Hall–Kier alpha value is -4.13. The summed E-state index contributed by atoms with van der Waals surface area (Å²) in [6, 6.07) is 21.6. The number of anilines is 2. The van der Waals surface area contributed by atoms with Crippen LogP contribution in [-0.4, -0.2) is 17.8 Å². The number of methoxy groups -OCH3 is 1. The van der Waals surface area contributed by atoms with Crippen molar-refractivity contribution in [3.63, 3.8) is 0 Å². The van der Waals surface area contributed by atoms with E-state index in [1.165, 1.54) is 12.1 Å². The summed E-state index contributed by atoms with van der Waals surface area (Å²) in [4.78, 5) is 24.5. The number of nitro groups is 1. The molecular weight excluding hydrogens is 418 g/mol. The molecular formula is C26H23N3O4. The molecule has 5 rings (SSSR count). The molecule has 0 spiro atoms. The fourth-order valence-electron chi connectivity index (χ4n) is 4.69. The van der Waals surface area contributed by atoms with Crippen molar-refractivity contribution < 1.29 is 14.5 Å². The van der Waals surface area contributed by atoms with Crippen LogP contribution in [0.15, 0.2) is 84.1 Å². The van der Waals surface area contributed by atoms with Crippen LogP contribution < -0.4 is 15.4 Å². The SMILES string of the molecule is COc1cccc([C@@H]2CC(=O)C3=C(C2)Nc2ccccc2N[C@H]3c2cccc([N+](=O)[O-])c2)c1. The van der Waals surface area contributed by atoms with Crippen molar-refractivity contribution >= 4 is 22.8 Å². The zero-order valence-electron chi connectivity index (χ0n) is 18.1. The van der Waals surface area contributed by atoms with Gasteiger partial charge in [0, 0.05) is 29.8 Å². The van der Waals surface area contributed by atoms with E-state index in [0.29, 0.717) is 24.0 Å². The van der Waals surface area contributed by atoms with Gasteiger partial charge in [0.2, 0.25) is 0 Å². The van der Waals surface area contributed by atoms with Crippen LogP contribution in [0.4, 0.5) is 17.1 Å². The summed E-state index contributed by atoms with van der Waals surface area (Å²) in [6.07, 6.45) is 1.01. The van der Waals surface area contributed by atoms with E-state index in [1.54, 1.807) is 13.2 Å². The van der Waals surface area contributed by atoms with E-state index in [2.05, 4.69) is 10.6 Å². The van der Waals surface area contributed by atoms with Crippen molar-refractivity contribution in [3.05, 3.63) is 105 Å². The minimum absolute atomic E-state index is 0.000503. The average Bonchev–Trinajstić information content (AvgIpc) is 3.01. The summed E-state index contributed by atoms with van der Waals surface area (Å²) in [7, 11) is 1.63. The summed E-state index contributed by atoms with van der Waals surface area (Å²) in [6.45, 7) is 0. The van der Waals surface area contributed by atoms with Gasteiger partial charge in [0.05, 0.1) is 29.4 Å². The van der Waals surface area contributed by atoms with E-state index in [0.717, 1.165) is 28.4 Å². The number of fused-ring (bicyclic) bond motifs is 1. The van der Waals surface area contributed by atoms with Gasteiger partial charge in [-0.25, -0.2) is 0 Å². The maximum Gasteiger partial charge on any atom is 0.269 e. The molecule has 2 atom stereocenters. The molecule has 0 amide bonds. The number of nitro benzene ring substituents is 1. The Bertz CT molecular complexity index is 1280. The summed E-state index contributed by atoms with van der Waals surface area (Å²) in [5.41, 5.74) is 4.92. The molecule has 1 heterocycles. The largest absolute Gasteiger partial charge is 0.497 e. The summed E-state index contributed by atoms with van der Waals surface area (Å²) < 4.78 is 5.37. The van der Waals surface area contributed by atoms with E-state index in [1.807, 2.05) is 54.6 Å². The van der Waals surface area contributed by atoms with Crippen molar-refractivity contribution in [2.45, 2.75) is 24.8 Å². The molecule has 7 nitrogen and oxygen atoms in total. The highest BCUT2D eigenvalue weighted by atomic mass is 16.6. The number of hydrogen-bond donors (Lipinski definition) is 2. The Balaban J connectivity index is 1.61. The number of benzene rings is 3. The Morgan fingerprint density at radius 3 is 2.48 bits per heavy atom. The predicted molar refractivity (Wildman–Crippen MR) is 127 cm³/mol. The first-order chi connectivity index (χ1) is 16.0. The third-order valence-corrected chi connectivity index (χ3v) is 6.29. The van der Waals surface area contributed by atoms with Crippen LogP contribution in [0.25, 0.3) is 0 Å². The second-order valence-corrected chi connectivity index (χ2v) is 8.30. The number of nitrogens with one attached hydrogen (secondary N) is 2. The summed E-state index contributed by atoms with van der Waals surface area (Å²) >= 11 is 0. The minimum atomic E-state index is -0.491. The van der Waals surface area contributed by atoms with Crippen molar-refractivity contribution in [3.8, 4) is 5.75 Å². The van der Waals surface area contributed by atoms with Gasteiger partial charge in [0.15, 0.2) is 5.78 Å². The molecule has 7 heteroatoms. The Morgan fingerprint density at radius 1 is 0.939 bits per heavy atom. The maximum atomic E-state index is 13.6. The van der Waals surface area contributed by atoms with Gasteiger partial charge in [-0.15, -0.1) is 0 Å². The van der Waals surface area contributed by atoms with Crippen molar-refractivity contribution in [1.29, 1.82) is 0 Å². The number of non-ortho nitro benzene ring substituents is 1. The fourth-order valence-corrected chi connectivity index (χ4v) is 4.69. The summed E-state index contributed by atoms with van der Waals surface area (Å²) in [5.74, 6) is 0.790. The molecule has 2 aliphatic rings. The Kier molecular flexibility index (Phi) is 5.30. The number of allylic oxidation sites excluding steroid dienone is 1. The van der Waals surface area contributed by atoms with E-state index < -0.39 is 11.0 Å². The monoisotopic (exact) mass is 441 g/mol. The molecule has 2 N–H and O–H groups in total. The molecule has 3 aromatic carbocycles. The third kappa shape index (κ3) is 3.93. The first-order valence-corrected chi connectivity index (χ1v) is 10.8. The topological polar surface area (TPSA) is 93.5 Å². The van der Waals surface area contributed by atoms with E-state index >= 15 is 0 Å². The number of hydrogen-bond acceptors (Lipinski definition) is 6. The van der Waals surface area contributed by atoms with Crippen molar-refractivity contribution in [2.75, 3.05) is 17.7 Å². The number of carbonyl (C=O) groups is 1.